The molecule has 7 heteroatoms. The van der Waals surface area contributed by atoms with Gasteiger partial charge in [-0.1, -0.05) is 18.2 Å². The second-order valence-corrected chi connectivity index (χ2v) is 5.53. The number of nitrogens with zero attached hydrogens (tertiary/aromatic N) is 2. The molecule has 1 saturated carbocycles. The van der Waals surface area contributed by atoms with Crippen molar-refractivity contribution in [3.63, 3.8) is 0 Å². The minimum Gasteiger partial charge on any atom is -0.365 e. The normalized spacial score (nSPS) is 15.1. The average Bonchev–Trinajstić information content (AvgIpc) is 3.24. The number of carbonyl (C=O) groups is 1. The molecule has 1 amide bonds. The highest BCUT2D eigenvalue weighted by atomic mass is 16.1. The van der Waals surface area contributed by atoms with Crippen LogP contribution < -0.4 is 22.1 Å². The van der Waals surface area contributed by atoms with E-state index in [1.807, 2.05) is 30.3 Å². The van der Waals surface area contributed by atoms with E-state index in [0.29, 0.717) is 18.3 Å². The molecule has 0 spiro atoms. The summed E-state index contributed by atoms with van der Waals surface area (Å²) < 4.78 is 0. The summed E-state index contributed by atoms with van der Waals surface area (Å²) >= 11 is 0. The predicted octanol–water partition coefficient (Wildman–Crippen LogP) is 1.22. The molecule has 0 unspecified atom stereocenters. The van der Waals surface area contributed by atoms with Crippen molar-refractivity contribution < 1.29 is 4.79 Å². The first kappa shape index (κ1) is 14.3. The van der Waals surface area contributed by atoms with E-state index in [4.69, 9.17) is 11.5 Å². The molecule has 22 heavy (non-hydrogen) atoms. The Kier molecular flexibility index (Phi) is 3.64. The minimum atomic E-state index is -0.581. The zero-order valence-corrected chi connectivity index (χ0v) is 12.0. The summed E-state index contributed by atoms with van der Waals surface area (Å²) in [5.74, 6) is 0.209. The van der Waals surface area contributed by atoms with E-state index in [9.17, 15) is 4.79 Å². The molecular formula is C15H18N6O. The number of nitrogens with two attached hydrogens (primary N) is 2. The Morgan fingerprint density at radius 1 is 1.27 bits per heavy atom. The van der Waals surface area contributed by atoms with Gasteiger partial charge in [-0.05, 0) is 25.0 Å². The van der Waals surface area contributed by atoms with Gasteiger partial charge in [0.1, 0.15) is 11.4 Å². The zero-order chi connectivity index (χ0) is 15.6. The van der Waals surface area contributed by atoms with Crippen LogP contribution in [0, 0.1) is 0 Å². The Balaban J connectivity index is 1.82. The number of aromatic nitrogens is 2. The number of rotatable bonds is 6. The lowest BCUT2D eigenvalue weighted by Crippen LogP contribution is -2.31. The van der Waals surface area contributed by atoms with Gasteiger partial charge < -0.3 is 22.1 Å². The molecular weight excluding hydrogens is 280 g/mol. The van der Waals surface area contributed by atoms with Crippen LogP contribution in [0.25, 0.3) is 0 Å². The van der Waals surface area contributed by atoms with Gasteiger partial charge in [-0.3, -0.25) is 4.79 Å². The molecule has 0 aliphatic heterocycles. The van der Waals surface area contributed by atoms with Crippen LogP contribution in [0.5, 0.6) is 0 Å². The maximum atomic E-state index is 11.5. The fourth-order valence-corrected chi connectivity index (χ4v) is 1.99. The second-order valence-electron chi connectivity index (χ2n) is 5.53. The molecule has 1 aliphatic rings. The number of nitrogens with one attached hydrogen (secondary N) is 2. The van der Waals surface area contributed by atoms with E-state index in [0.717, 1.165) is 18.5 Å². The lowest BCUT2D eigenvalue weighted by Gasteiger charge is -2.13. The number of benzene rings is 1. The van der Waals surface area contributed by atoms with Crippen molar-refractivity contribution in [2.24, 2.45) is 11.5 Å². The van der Waals surface area contributed by atoms with Crippen LogP contribution in [-0.2, 0) is 0 Å². The van der Waals surface area contributed by atoms with Crippen LogP contribution in [0.4, 0.5) is 17.5 Å². The largest absolute Gasteiger partial charge is 0.365 e. The lowest BCUT2D eigenvalue weighted by molar-refractivity contribution is 0.100. The van der Waals surface area contributed by atoms with Gasteiger partial charge in [-0.2, -0.15) is 4.98 Å². The highest BCUT2D eigenvalue weighted by Gasteiger charge is 2.37. The van der Waals surface area contributed by atoms with Gasteiger partial charge in [0.25, 0.3) is 5.91 Å². The Labute approximate surface area is 128 Å². The van der Waals surface area contributed by atoms with Gasteiger partial charge in [-0.15, -0.1) is 0 Å². The maximum absolute atomic E-state index is 11.5. The van der Waals surface area contributed by atoms with E-state index in [-0.39, 0.29) is 11.1 Å². The molecule has 1 aliphatic carbocycles. The van der Waals surface area contributed by atoms with Crippen LogP contribution in [0.3, 0.4) is 0 Å². The van der Waals surface area contributed by atoms with E-state index < -0.39 is 5.91 Å². The first-order valence-electron chi connectivity index (χ1n) is 7.07. The monoisotopic (exact) mass is 298 g/mol. The molecule has 7 nitrogen and oxygen atoms in total. The molecule has 114 valence electrons. The number of hydrogen-bond acceptors (Lipinski definition) is 6. The van der Waals surface area contributed by atoms with E-state index in [1.165, 1.54) is 6.20 Å². The van der Waals surface area contributed by atoms with Gasteiger partial charge in [0.2, 0.25) is 5.95 Å². The van der Waals surface area contributed by atoms with Crippen molar-refractivity contribution in [3.05, 3.63) is 42.1 Å². The summed E-state index contributed by atoms with van der Waals surface area (Å²) in [6.45, 7) is 0.605. The van der Waals surface area contributed by atoms with Gasteiger partial charge in [0, 0.05) is 24.0 Å². The highest BCUT2D eigenvalue weighted by molar-refractivity contribution is 5.98. The molecule has 1 heterocycles. The summed E-state index contributed by atoms with van der Waals surface area (Å²) in [5, 5.41) is 6.18. The number of carbonyl (C=O) groups excluding carboxylic acids is 1. The number of amides is 1. The van der Waals surface area contributed by atoms with Crippen LogP contribution in [-0.4, -0.2) is 28.0 Å². The number of para-hydroxylation sites is 1. The molecule has 1 aromatic carbocycles. The minimum absolute atomic E-state index is 0.154. The second kappa shape index (κ2) is 5.61. The third-order valence-corrected chi connectivity index (χ3v) is 3.58. The first-order valence-corrected chi connectivity index (χ1v) is 7.07. The molecule has 1 fully saturated rings. The van der Waals surface area contributed by atoms with Crippen molar-refractivity contribution in [2.75, 3.05) is 17.2 Å². The van der Waals surface area contributed by atoms with E-state index >= 15 is 0 Å². The van der Waals surface area contributed by atoms with Gasteiger partial charge in [0.15, 0.2) is 0 Å². The average molecular weight is 298 g/mol. The fourth-order valence-electron chi connectivity index (χ4n) is 1.99. The fraction of sp³-hybridized carbons (Fsp3) is 0.267. The maximum Gasteiger partial charge on any atom is 0.254 e. The van der Waals surface area contributed by atoms with Crippen molar-refractivity contribution in [1.82, 2.24) is 9.97 Å². The molecule has 0 radical (unpaired) electrons. The molecule has 0 atom stereocenters. The van der Waals surface area contributed by atoms with Gasteiger partial charge >= 0.3 is 0 Å². The van der Waals surface area contributed by atoms with Crippen molar-refractivity contribution >= 4 is 23.4 Å². The Bertz CT molecular complexity index is 684. The van der Waals surface area contributed by atoms with Crippen molar-refractivity contribution in [2.45, 2.75) is 18.4 Å². The van der Waals surface area contributed by atoms with Crippen LogP contribution >= 0.6 is 0 Å². The van der Waals surface area contributed by atoms with Crippen molar-refractivity contribution in [3.8, 4) is 0 Å². The smallest absolute Gasteiger partial charge is 0.254 e. The number of anilines is 3. The third-order valence-electron chi connectivity index (χ3n) is 3.58. The number of hydrogen-bond donors (Lipinski definition) is 4. The summed E-state index contributed by atoms with van der Waals surface area (Å²) in [6, 6.07) is 9.43. The molecule has 1 aromatic heterocycles. The number of primary amides is 1. The molecule has 2 aromatic rings. The predicted molar refractivity (Wildman–Crippen MR) is 84.9 cm³/mol. The highest BCUT2D eigenvalue weighted by Crippen LogP contribution is 2.32. The van der Waals surface area contributed by atoms with E-state index in [2.05, 4.69) is 20.6 Å². The molecule has 3 rings (SSSR count). The topological polar surface area (TPSA) is 119 Å². The van der Waals surface area contributed by atoms with Crippen LogP contribution in [0.1, 0.15) is 23.2 Å². The summed E-state index contributed by atoms with van der Waals surface area (Å²) in [6.07, 6.45) is 3.40. The Morgan fingerprint density at radius 3 is 2.64 bits per heavy atom. The van der Waals surface area contributed by atoms with E-state index in [1.54, 1.807) is 0 Å². The van der Waals surface area contributed by atoms with Crippen LogP contribution in [0.15, 0.2) is 36.5 Å². The Morgan fingerprint density at radius 2 is 2.00 bits per heavy atom. The van der Waals surface area contributed by atoms with Crippen molar-refractivity contribution in [1.29, 1.82) is 0 Å². The Hall–Kier alpha value is -2.67. The molecule has 6 N–H and O–H groups in total. The zero-order valence-electron chi connectivity index (χ0n) is 12.0. The summed E-state index contributed by atoms with van der Waals surface area (Å²) in [4.78, 5) is 20.0. The van der Waals surface area contributed by atoms with Gasteiger partial charge in [0.05, 0.1) is 0 Å². The van der Waals surface area contributed by atoms with Gasteiger partial charge in [-0.25, -0.2) is 4.98 Å². The van der Waals surface area contributed by atoms with Crippen LogP contribution in [0.2, 0.25) is 0 Å². The molecule has 0 saturated heterocycles. The summed E-state index contributed by atoms with van der Waals surface area (Å²) in [7, 11) is 0. The first-order chi connectivity index (χ1) is 10.6. The summed E-state index contributed by atoms with van der Waals surface area (Å²) in [5.41, 5.74) is 12.3. The third kappa shape index (κ3) is 3.32. The quantitative estimate of drug-likeness (QED) is 0.636. The lowest BCUT2D eigenvalue weighted by atomic mass is 10.2. The standard InChI is InChI=1S/C15H18N6O/c16-12(22)11-8-18-14(19-9-15(17)6-7-15)21-13(11)20-10-4-2-1-3-5-10/h1-5,8H,6-7,9,17H2,(H2,16,22)(H2,18,19,20,21). The molecule has 0 bridgehead atoms. The SMILES string of the molecule is NC(=O)c1cnc(NCC2(N)CC2)nc1Nc1ccccc1.